The predicted octanol–water partition coefficient (Wildman–Crippen LogP) is 2.58. The van der Waals surface area contributed by atoms with Gasteiger partial charge in [0.1, 0.15) is 0 Å². The summed E-state index contributed by atoms with van der Waals surface area (Å²) >= 11 is 1.51. The fraction of sp³-hybridized carbons (Fsp3) is 0.364. The standard InChI is InChI=1S/C22H27N3O5S2/c1-25(32(28,29)18-11-9-17(31-2)10-12-18)15-21(26)24-20-8-4-3-7-19(20)22(27)23-14-16-6-5-13-30-16/h3-4,7-12,16H,5-6,13-15H2,1-2H3,(H,23,27)(H,24,26). The average molecular weight is 478 g/mol. The van der Waals surface area contributed by atoms with Crippen molar-refractivity contribution in [3.63, 3.8) is 0 Å². The number of nitrogens with zero attached hydrogens (tertiary/aromatic N) is 1. The molecular weight excluding hydrogens is 450 g/mol. The topological polar surface area (TPSA) is 105 Å². The van der Waals surface area contributed by atoms with Gasteiger partial charge in [0, 0.05) is 25.1 Å². The molecule has 1 fully saturated rings. The lowest BCUT2D eigenvalue weighted by Gasteiger charge is -2.18. The lowest BCUT2D eigenvalue weighted by Crippen LogP contribution is -2.36. The molecule has 0 radical (unpaired) electrons. The molecule has 172 valence electrons. The minimum atomic E-state index is -3.83. The van der Waals surface area contributed by atoms with Crippen LogP contribution in [0.2, 0.25) is 0 Å². The number of anilines is 1. The normalized spacial score (nSPS) is 16.2. The van der Waals surface area contributed by atoms with Crippen LogP contribution >= 0.6 is 11.8 Å². The van der Waals surface area contributed by atoms with Gasteiger partial charge in [-0.1, -0.05) is 12.1 Å². The van der Waals surface area contributed by atoms with Crippen LogP contribution in [0.5, 0.6) is 0 Å². The first-order valence-electron chi connectivity index (χ1n) is 10.2. The van der Waals surface area contributed by atoms with E-state index in [0.29, 0.717) is 24.4 Å². The molecule has 2 amide bonds. The van der Waals surface area contributed by atoms with Crippen molar-refractivity contribution in [3.8, 4) is 0 Å². The number of nitrogens with one attached hydrogen (secondary N) is 2. The zero-order valence-corrected chi connectivity index (χ0v) is 19.7. The molecule has 0 aromatic heterocycles. The van der Waals surface area contributed by atoms with Crippen molar-refractivity contribution in [1.82, 2.24) is 9.62 Å². The largest absolute Gasteiger partial charge is 0.376 e. The second kappa shape index (κ2) is 11.0. The lowest BCUT2D eigenvalue weighted by molar-refractivity contribution is -0.116. The van der Waals surface area contributed by atoms with Crippen LogP contribution in [0, 0.1) is 0 Å². The van der Waals surface area contributed by atoms with Gasteiger partial charge in [0.2, 0.25) is 15.9 Å². The Bertz CT molecular complexity index is 1050. The van der Waals surface area contributed by atoms with Crippen molar-refractivity contribution < 1.29 is 22.7 Å². The number of hydrogen-bond acceptors (Lipinski definition) is 6. The highest BCUT2D eigenvalue weighted by molar-refractivity contribution is 7.98. The van der Waals surface area contributed by atoms with Gasteiger partial charge in [-0.2, -0.15) is 4.31 Å². The highest BCUT2D eigenvalue weighted by Crippen LogP contribution is 2.20. The van der Waals surface area contributed by atoms with Gasteiger partial charge in [-0.3, -0.25) is 9.59 Å². The Hall–Kier alpha value is -2.40. The van der Waals surface area contributed by atoms with E-state index in [0.717, 1.165) is 22.0 Å². The Morgan fingerprint density at radius 3 is 2.53 bits per heavy atom. The fourth-order valence-corrected chi connectivity index (χ4v) is 4.84. The average Bonchev–Trinajstić information content (AvgIpc) is 3.31. The smallest absolute Gasteiger partial charge is 0.253 e. The van der Waals surface area contributed by atoms with Crippen LogP contribution in [-0.4, -0.2) is 63.6 Å². The third-order valence-corrected chi connectivity index (χ3v) is 7.66. The molecule has 1 aliphatic rings. The number of benzene rings is 2. The number of hydrogen-bond donors (Lipinski definition) is 2. The summed E-state index contributed by atoms with van der Waals surface area (Å²) in [5.74, 6) is -0.873. The molecule has 1 heterocycles. The molecule has 1 unspecified atom stereocenters. The molecule has 3 rings (SSSR count). The molecule has 8 nitrogen and oxygen atoms in total. The lowest BCUT2D eigenvalue weighted by atomic mass is 10.1. The summed E-state index contributed by atoms with van der Waals surface area (Å²) in [6.45, 7) is 0.710. The predicted molar refractivity (Wildman–Crippen MR) is 124 cm³/mol. The molecular formula is C22H27N3O5S2. The van der Waals surface area contributed by atoms with Crippen molar-refractivity contribution in [2.45, 2.75) is 28.7 Å². The van der Waals surface area contributed by atoms with E-state index in [4.69, 9.17) is 4.74 Å². The first-order chi connectivity index (χ1) is 15.3. The summed E-state index contributed by atoms with van der Waals surface area (Å²) in [7, 11) is -2.48. The number of carbonyl (C=O) groups excluding carboxylic acids is 2. The van der Waals surface area contributed by atoms with E-state index in [1.165, 1.54) is 30.9 Å². The summed E-state index contributed by atoms with van der Waals surface area (Å²) in [5, 5.41) is 5.48. The minimum absolute atomic E-state index is 0.00421. The highest BCUT2D eigenvalue weighted by Gasteiger charge is 2.24. The van der Waals surface area contributed by atoms with E-state index in [9.17, 15) is 18.0 Å². The van der Waals surface area contributed by atoms with E-state index in [1.54, 1.807) is 36.4 Å². The molecule has 10 heteroatoms. The zero-order valence-electron chi connectivity index (χ0n) is 18.0. The molecule has 2 N–H and O–H groups in total. The Labute approximate surface area is 192 Å². The van der Waals surface area contributed by atoms with Crippen LogP contribution < -0.4 is 10.6 Å². The Kier molecular flexibility index (Phi) is 8.30. The van der Waals surface area contributed by atoms with E-state index in [-0.39, 0.29) is 16.9 Å². The van der Waals surface area contributed by atoms with Crippen LogP contribution in [0.1, 0.15) is 23.2 Å². The molecule has 0 aliphatic carbocycles. The maximum absolute atomic E-state index is 12.8. The molecule has 1 aliphatic heterocycles. The molecule has 1 saturated heterocycles. The number of amides is 2. The second-order valence-electron chi connectivity index (χ2n) is 7.38. The number of sulfonamides is 1. The summed E-state index contributed by atoms with van der Waals surface area (Å²) in [6.07, 6.45) is 3.79. The molecule has 32 heavy (non-hydrogen) atoms. The van der Waals surface area contributed by atoms with E-state index in [2.05, 4.69) is 10.6 Å². The zero-order chi connectivity index (χ0) is 23.1. The van der Waals surface area contributed by atoms with Gasteiger partial charge in [-0.25, -0.2) is 8.42 Å². The van der Waals surface area contributed by atoms with Crippen LogP contribution in [0.4, 0.5) is 5.69 Å². The molecule has 0 saturated carbocycles. The fourth-order valence-electron chi connectivity index (χ4n) is 3.30. The van der Waals surface area contributed by atoms with Crippen LogP contribution in [0.25, 0.3) is 0 Å². The summed E-state index contributed by atoms with van der Waals surface area (Å²) in [4.78, 5) is 26.2. The third kappa shape index (κ3) is 6.10. The summed E-state index contributed by atoms with van der Waals surface area (Å²) in [6, 6.07) is 13.1. The van der Waals surface area contributed by atoms with E-state index < -0.39 is 22.5 Å². The summed E-state index contributed by atoms with van der Waals surface area (Å²) < 4.78 is 32.0. The number of rotatable bonds is 9. The Morgan fingerprint density at radius 1 is 1.16 bits per heavy atom. The number of carbonyl (C=O) groups is 2. The van der Waals surface area contributed by atoms with Crippen LogP contribution in [0.15, 0.2) is 58.3 Å². The first-order valence-corrected chi connectivity index (χ1v) is 12.9. The Morgan fingerprint density at radius 2 is 1.88 bits per heavy atom. The highest BCUT2D eigenvalue weighted by atomic mass is 32.2. The van der Waals surface area contributed by atoms with Crippen LogP contribution in [-0.2, 0) is 19.6 Å². The molecule has 0 spiro atoms. The van der Waals surface area contributed by atoms with Crippen molar-refractivity contribution in [1.29, 1.82) is 0 Å². The number of likely N-dealkylation sites (N-methyl/N-ethyl adjacent to an activating group) is 1. The van der Waals surface area contributed by atoms with Gasteiger partial charge < -0.3 is 15.4 Å². The second-order valence-corrected chi connectivity index (χ2v) is 10.3. The maximum Gasteiger partial charge on any atom is 0.253 e. The molecule has 2 aromatic carbocycles. The number of thioether (sulfide) groups is 1. The van der Waals surface area contributed by atoms with Gasteiger partial charge in [0.15, 0.2) is 0 Å². The third-order valence-electron chi connectivity index (χ3n) is 5.09. The monoisotopic (exact) mass is 477 g/mol. The van der Waals surface area contributed by atoms with Gasteiger partial charge in [-0.15, -0.1) is 11.8 Å². The Balaban J connectivity index is 1.63. The first kappa shape index (κ1) is 24.2. The number of para-hydroxylation sites is 1. The molecule has 2 aromatic rings. The number of ether oxygens (including phenoxy) is 1. The molecule has 1 atom stereocenters. The van der Waals surface area contributed by atoms with Crippen molar-refractivity contribution >= 4 is 39.3 Å². The van der Waals surface area contributed by atoms with Gasteiger partial charge in [-0.05, 0) is 55.5 Å². The minimum Gasteiger partial charge on any atom is -0.376 e. The summed E-state index contributed by atoms with van der Waals surface area (Å²) in [5.41, 5.74) is 0.620. The maximum atomic E-state index is 12.8. The van der Waals surface area contributed by atoms with Gasteiger partial charge in [0.05, 0.1) is 28.8 Å². The van der Waals surface area contributed by atoms with Crippen LogP contribution in [0.3, 0.4) is 0 Å². The molecule has 0 bridgehead atoms. The van der Waals surface area contributed by atoms with E-state index in [1.807, 2.05) is 6.26 Å². The van der Waals surface area contributed by atoms with Crippen molar-refractivity contribution in [2.75, 3.05) is 38.3 Å². The van der Waals surface area contributed by atoms with Crippen molar-refractivity contribution in [3.05, 3.63) is 54.1 Å². The van der Waals surface area contributed by atoms with Gasteiger partial charge in [0.25, 0.3) is 5.91 Å². The van der Waals surface area contributed by atoms with E-state index >= 15 is 0 Å². The quantitative estimate of drug-likeness (QED) is 0.538. The SMILES string of the molecule is CSc1ccc(S(=O)(=O)N(C)CC(=O)Nc2ccccc2C(=O)NCC2CCCO2)cc1. The van der Waals surface area contributed by atoms with Crippen molar-refractivity contribution in [2.24, 2.45) is 0 Å². The van der Waals surface area contributed by atoms with Gasteiger partial charge >= 0.3 is 0 Å².